The molecule has 7 rings (SSSR count). The van der Waals surface area contributed by atoms with Gasteiger partial charge in [-0.3, -0.25) is 28.6 Å². The van der Waals surface area contributed by atoms with Crippen molar-refractivity contribution >= 4 is 51.7 Å². The molecule has 1 saturated heterocycles. The minimum atomic E-state index is -3.09. The number of aliphatic carboxylic acids is 1. The van der Waals surface area contributed by atoms with E-state index in [9.17, 15) is 28.3 Å². The van der Waals surface area contributed by atoms with E-state index in [2.05, 4.69) is 30.2 Å². The lowest BCUT2D eigenvalue weighted by molar-refractivity contribution is -0.139. The van der Waals surface area contributed by atoms with E-state index in [1.165, 1.54) is 21.2 Å². The summed E-state index contributed by atoms with van der Waals surface area (Å²) in [5.74, 6) is -1.51. The van der Waals surface area contributed by atoms with Crippen LogP contribution in [0.15, 0.2) is 52.2 Å². The summed E-state index contributed by atoms with van der Waals surface area (Å²) in [5, 5.41) is 12.5. The van der Waals surface area contributed by atoms with E-state index >= 15 is 0 Å². The number of ether oxygens (including phenoxy) is 1. The molecular formula is C33H28Cl2F2N8O5. The number of nitrogens with zero attached hydrogens (tertiary/aromatic N) is 7. The summed E-state index contributed by atoms with van der Waals surface area (Å²) in [4.78, 5) is 56.2. The van der Waals surface area contributed by atoms with Crippen molar-refractivity contribution in [2.75, 3.05) is 25.5 Å². The molecule has 0 bridgehead atoms. The molecule has 2 aromatic carbocycles. The van der Waals surface area contributed by atoms with E-state index in [0.717, 1.165) is 9.13 Å². The quantitative estimate of drug-likeness (QED) is 0.213. The van der Waals surface area contributed by atoms with E-state index in [-0.39, 0.29) is 45.3 Å². The average molecular weight is 726 g/mol. The molecule has 13 nitrogen and oxygen atoms in total. The van der Waals surface area contributed by atoms with Gasteiger partial charge >= 0.3 is 11.7 Å². The number of hydrogen-bond donors (Lipinski definition) is 2. The Morgan fingerprint density at radius 3 is 2.32 bits per heavy atom. The Morgan fingerprint density at radius 2 is 1.66 bits per heavy atom. The fourth-order valence-corrected chi connectivity index (χ4v) is 7.28. The number of rotatable bonds is 9. The summed E-state index contributed by atoms with van der Waals surface area (Å²) in [6.07, 6.45) is -1.50. The van der Waals surface area contributed by atoms with E-state index < -0.39 is 29.5 Å². The molecule has 258 valence electrons. The molecule has 17 heteroatoms. The maximum atomic E-state index is 13.8. The lowest BCUT2D eigenvalue weighted by Crippen LogP contribution is -2.38. The van der Waals surface area contributed by atoms with Crippen LogP contribution in [0.4, 0.5) is 20.3 Å². The zero-order valence-electron chi connectivity index (χ0n) is 26.7. The van der Waals surface area contributed by atoms with Gasteiger partial charge in [0, 0.05) is 50.4 Å². The standard InChI is InChI=1S/C33H28Cl2F2N8O5/c1-43-29-23(31(46)44(2)33(43)49)27(41-28(42-29)26(36)37)39-19-9-5-7-15(25(19)35)14-6-4-8-16(24(14)34)20-10-38-21(30(40-20)50-3)13-45-11-17-18(12-45)22(17)32(47)48/h4-10,17-18,22,26H,11-13H2,1-3H3,(H,47,48)(H,39,41,42). The van der Waals surface area contributed by atoms with Gasteiger partial charge in [-0.05, 0) is 17.9 Å². The van der Waals surface area contributed by atoms with E-state index in [1.54, 1.807) is 42.6 Å². The van der Waals surface area contributed by atoms with Gasteiger partial charge in [0.05, 0.1) is 40.7 Å². The molecule has 2 fully saturated rings. The number of likely N-dealkylation sites (tertiary alicyclic amines) is 1. The zero-order valence-corrected chi connectivity index (χ0v) is 28.2. The van der Waals surface area contributed by atoms with Crippen LogP contribution in [0.2, 0.25) is 10.0 Å². The van der Waals surface area contributed by atoms with Gasteiger partial charge in [0.2, 0.25) is 5.88 Å². The van der Waals surface area contributed by atoms with Gasteiger partial charge in [-0.2, -0.15) is 0 Å². The number of nitrogens with one attached hydrogen (secondary N) is 1. The number of carboxylic acids is 1. The van der Waals surface area contributed by atoms with Crippen molar-refractivity contribution in [2.24, 2.45) is 31.8 Å². The maximum absolute atomic E-state index is 13.8. The summed E-state index contributed by atoms with van der Waals surface area (Å²) in [5.41, 5.74) is 1.02. The van der Waals surface area contributed by atoms with Gasteiger partial charge in [-0.15, -0.1) is 0 Å². The predicted molar refractivity (Wildman–Crippen MR) is 181 cm³/mol. The van der Waals surface area contributed by atoms with Crippen molar-refractivity contribution < 1.29 is 23.4 Å². The first kappa shape index (κ1) is 33.5. The number of fused-ring (bicyclic) bond motifs is 2. The second-order valence-corrected chi connectivity index (χ2v) is 12.9. The fraction of sp³-hybridized carbons (Fsp3) is 0.303. The fourth-order valence-electron chi connectivity index (χ4n) is 6.69. The van der Waals surface area contributed by atoms with Crippen molar-refractivity contribution in [1.29, 1.82) is 0 Å². The van der Waals surface area contributed by atoms with Gasteiger partial charge in [0.25, 0.3) is 12.0 Å². The number of alkyl halides is 2. The van der Waals surface area contributed by atoms with Crippen molar-refractivity contribution in [3.05, 3.63) is 85.0 Å². The number of halogens is 4. The van der Waals surface area contributed by atoms with Crippen LogP contribution in [0.1, 0.15) is 17.9 Å². The summed E-state index contributed by atoms with van der Waals surface area (Å²) in [7, 11) is 4.08. The highest BCUT2D eigenvalue weighted by Gasteiger charge is 2.59. The first-order valence-corrected chi connectivity index (χ1v) is 16.1. The van der Waals surface area contributed by atoms with Crippen molar-refractivity contribution in [3.63, 3.8) is 0 Å². The molecule has 4 heterocycles. The van der Waals surface area contributed by atoms with Crippen LogP contribution < -0.4 is 21.3 Å². The second kappa shape index (κ2) is 12.7. The Hall–Kier alpha value is -4.99. The molecule has 0 amide bonds. The first-order chi connectivity index (χ1) is 23.9. The number of hydrogen-bond acceptors (Lipinski definition) is 10. The molecule has 2 atom stereocenters. The highest BCUT2D eigenvalue weighted by atomic mass is 35.5. The number of methoxy groups -OCH3 is 1. The number of carboxylic acid groups (broad SMARTS) is 1. The van der Waals surface area contributed by atoms with Gasteiger partial charge in [0.1, 0.15) is 16.9 Å². The zero-order chi connectivity index (χ0) is 35.6. The van der Waals surface area contributed by atoms with Crippen molar-refractivity contribution in [1.82, 2.24) is 34.0 Å². The Morgan fingerprint density at radius 1 is 1.00 bits per heavy atom. The number of benzene rings is 2. The number of carbonyl (C=O) groups is 1. The molecule has 1 aliphatic carbocycles. The molecule has 0 spiro atoms. The van der Waals surface area contributed by atoms with Crippen LogP contribution in [0, 0.1) is 17.8 Å². The van der Waals surface area contributed by atoms with Gasteiger partial charge in [-0.25, -0.2) is 28.5 Å². The van der Waals surface area contributed by atoms with Crippen LogP contribution in [-0.2, 0) is 25.4 Å². The Kier molecular flexibility index (Phi) is 8.52. The van der Waals surface area contributed by atoms with Gasteiger partial charge in [0.15, 0.2) is 11.5 Å². The van der Waals surface area contributed by atoms with Crippen LogP contribution in [-0.4, -0.2) is 65.2 Å². The summed E-state index contributed by atoms with van der Waals surface area (Å²) in [6, 6.07) is 10.2. The number of anilines is 2. The SMILES string of the molecule is COc1nc(-c2cccc(-c3cccc(Nc4nc(C(F)F)nc5c4c(=O)n(C)c(=O)n5C)c3Cl)c2Cl)cnc1CN1CC2C(C1)C2C(=O)O. The summed E-state index contributed by atoms with van der Waals surface area (Å²) < 4.78 is 35.1. The molecule has 2 N–H and O–H groups in total. The largest absolute Gasteiger partial charge is 0.481 e. The van der Waals surface area contributed by atoms with E-state index in [1.807, 2.05) is 0 Å². The third-order valence-corrected chi connectivity index (χ3v) is 10.1. The molecule has 1 aliphatic heterocycles. The van der Waals surface area contributed by atoms with E-state index in [4.69, 9.17) is 27.9 Å². The number of piperidine rings is 1. The number of aryl methyl sites for hydroxylation is 1. The molecule has 0 radical (unpaired) electrons. The van der Waals surface area contributed by atoms with Gasteiger partial charge in [-0.1, -0.05) is 53.5 Å². The predicted octanol–water partition coefficient (Wildman–Crippen LogP) is 4.91. The van der Waals surface area contributed by atoms with Crippen molar-refractivity contribution in [3.8, 4) is 28.3 Å². The first-order valence-electron chi connectivity index (χ1n) is 15.3. The summed E-state index contributed by atoms with van der Waals surface area (Å²) in [6.45, 7) is 1.81. The summed E-state index contributed by atoms with van der Waals surface area (Å²) >= 11 is 13.9. The van der Waals surface area contributed by atoms with Crippen LogP contribution in [0.3, 0.4) is 0 Å². The Balaban J connectivity index is 1.21. The third kappa shape index (κ3) is 5.64. The lowest BCUT2D eigenvalue weighted by atomic mass is 10.0. The second-order valence-electron chi connectivity index (χ2n) is 12.2. The van der Waals surface area contributed by atoms with Crippen molar-refractivity contribution in [2.45, 2.75) is 13.0 Å². The molecule has 1 saturated carbocycles. The monoisotopic (exact) mass is 724 g/mol. The molecular weight excluding hydrogens is 697 g/mol. The van der Waals surface area contributed by atoms with Gasteiger partial charge < -0.3 is 15.2 Å². The highest BCUT2D eigenvalue weighted by Crippen LogP contribution is 2.52. The third-order valence-electron chi connectivity index (χ3n) is 9.26. The Labute approximate surface area is 292 Å². The van der Waals surface area contributed by atoms with Crippen LogP contribution in [0.25, 0.3) is 33.4 Å². The smallest absolute Gasteiger partial charge is 0.332 e. The highest BCUT2D eigenvalue weighted by molar-refractivity contribution is 6.39. The lowest BCUT2D eigenvalue weighted by Gasteiger charge is -2.19. The molecule has 50 heavy (non-hydrogen) atoms. The Bertz CT molecular complexity index is 2320. The molecule has 2 unspecified atom stereocenters. The molecule has 2 aliphatic rings. The van der Waals surface area contributed by atoms with Crippen LogP contribution >= 0.6 is 23.2 Å². The number of aromatic nitrogens is 6. The van der Waals surface area contributed by atoms with Crippen LogP contribution in [0.5, 0.6) is 5.88 Å². The maximum Gasteiger partial charge on any atom is 0.332 e. The minimum absolute atomic E-state index is 0.145. The average Bonchev–Trinajstić information content (AvgIpc) is 3.62. The molecule has 5 aromatic rings. The minimum Gasteiger partial charge on any atom is -0.481 e. The topological polar surface area (TPSA) is 157 Å². The molecule has 3 aromatic heterocycles. The van der Waals surface area contributed by atoms with E-state index in [0.29, 0.717) is 58.6 Å². The normalized spacial score (nSPS) is 18.4.